The fourth-order valence-corrected chi connectivity index (χ4v) is 3.84. The van der Waals surface area contributed by atoms with Crippen LogP contribution < -0.4 is 9.47 Å². The summed E-state index contributed by atoms with van der Waals surface area (Å²) in [6, 6.07) is 15.9. The highest BCUT2D eigenvalue weighted by atomic mass is 32.2. The zero-order valence-electron chi connectivity index (χ0n) is 15.1. The smallest absolute Gasteiger partial charge is 0.293 e. The zero-order valence-corrected chi connectivity index (χ0v) is 15.9. The van der Waals surface area contributed by atoms with Crippen molar-refractivity contribution in [2.45, 2.75) is 11.5 Å². The van der Waals surface area contributed by atoms with Crippen molar-refractivity contribution in [1.82, 2.24) is 10.1 Å². The first-order chi connectivity index (χ1) is 14.3. The van der Waals surface area contributed by atoms with E-state index >= 15 is 0 Å². The van der Waals surface area contributed by atoms with E-state index in [4.69, 9.17) is 18.4 Å². The number of halogens is 1. The van der Waals surface area contributed by atoms with Crippen molar-refractivity contribution in [3.8, 4) is 34.5 Å². The van der Waals surface area contributed by atoms with E-state index in [1.165, 1.54) is 6.07 Å². The molecule has 1 aliphatic rings. The van der Waals surface area contributed by atoms with Gasteiger partial charge in [0.25, 0.3) is 5.89 Å². The van der Waals surface area contributed by atoms with Gasteiger partial charge in [-0.1, -0.05) is 23.4 Å². The maximum Gasteiger partial charge on any atom is 0.293 e. The van der Waals surface area contributed by atoms with Gasteiger partial charge in [-0.25, -0.2) is 4.39 Å². The molecule has 0 saturated carbocycles. The van der Waals surface area contributed by atoms with E-state index in [9.17, 15) is 4.39 Å². The molecule has 3 heterocycles. The molecule has 0 spiro atoms. The number of rotatable bonds is 6. The van der Waals surface area contributed by atoms with Gasteiger partial charge < -0.3 is 18.4 Å². The molecule has 29 heavy (non-hydrogen) atoms. The summed E-state index contributed by atoms with van der Waals surface area (Å²) < 4.78 is 35.5. The lowest BCUT2D eigenvalue weighted by molar-refractivity contribution is 0.174. The number of hydrogen-bond acceptors (Lipinski definition) is 7. The Bertz CT molecular complexity index is 1160. The summed E-state index contributed by atoms with van der Waals surface area (Å²) in [5.41, 5.74) is 1.44. The van der Waals surface area contributed by atoms with Gasteiger partial charge in [0.15, 0.2) is 17.3 Å². The van der Waals surface area contributed by atoms with E-state index in [1.807, 2.05) is 30.3 Å². The van der Waals surface area contributed by atoms with Crippen LogP contribution in [0.4, 0.5) is 4.39 Å². The highest BCUT2D eigenvalue weighted by Gasteiger charge is 2.18. The highest BCUT2D eigenvalue weighted by Crippen LogP contribution is 2.35. The summed E-state index contributed by atoms with van der Waals surface area (Å²) in [5, 5.41) is 4.02. The number of furan rings is 1. The predicted molar refractivity (Wildman–Crippen MR) is 105 cm³/mol. The number of fused-ring (bicyclic) bond motifs is 1. The maximum absolute atomic E-state index is 13.7. The van der Waals surface area contributed by atoms with Crippen LogP contribution in [0.1, 0.15) is 11.3 Å². The number of nitrogens with zero attached hydrogens (tertiary/aromatic N) is 2. The average Bonchev–Trinajstić information content (AvgIpc) is 3.49. The Morgan fingerprint density at radius 1 is 0.966 bits per heavy atom. The Kier molecular flexibility index (Phi) is 4.69. The summed E-state index contributed by atoms with van der Waals surface area (Å²) in [4.78, 5) is 4.40. The van der Waals surface area contributed by atoms with Gasteiger partial charge in [0.1, 0.15) is 11.6 Å². The van der Waals surface area contributed by atoms with Crippen LogP contribution >= 0.6 is 11.8 Å². The molecule has 2 aromatic heterocycles. The molecule has 2 aromatic carbocycles. The molecule has 5 rings (SSSR count). The van der Waals surface area contributed by atoms with Gasteiger partial charge >= 0.3 is 0 Å². The Hall–Kier alpha value is -3.26. The van der Waals surface area contributed by atoms with Crippen LogP contribution in [0.3, 0.4) is 0 Å². The second kappa shape index (κ2) is 7.63. The summed E-state index contributed by atoms with van der Waals surface area (Å²) in [6.45, 7) is 0.209. The number of aromatic nitrogens is 2. The first-order valence-corrected chi connectivity index (χ1v) is 10.1. The minimum Gasteiger partial charge on any atom is -0.455 e. The lowest BCUT2D eigenvalue weighted by Crippen LogP contribution is -1.92. The van der Waals surface area contributed by atoms with Crippen LogP contribution in [-0.4, -0.2) is 16.9 Å². The van der Waals surface area contributed by atoms with Gasteiger partial charge in [-0.2, -0.15) is 4.98 Å². The Morgan fingerprint density at radius 3 is 2.79 bits per heavy atom. The monoisotopic (exact) mass is 410 g/mol. The SMILES string of the molecule is Fc1ccccc1CSCc1ccc(-c2nc(-c3ccc4c(c3)OCO4)no2)o1. The van der Waals surface area contributed by atoms with Gasteiger partial charge in [0, 0.05) is 11.3 Å². The number of thioether (sulfide) groups is 1. The summed E-state index contributed by atoms with van der Waals surface area (Å²) in [6.07, 6.45) is 0. The Balaban J connectivity index is 1.26. The van der Waals surface area contributed by atoms with Crippen molar-refractivity contribution >= 4 is 11.8 Å². The first kappa shape index (κ1) is 17.8. The molecule has 1 aliphatic heterocycles. The molecule has 0 atom stereocenters. The van der Waals surface area contributed by atoms with E-state index in [1.54, 1.807) is 30.0 Å². The Labute approximate surface area is 169 Å². The molecule has 0 fully saturated rings. The predicted octanol–water partition coefficient (Wildman–Crippen LogP) is 5.30. The fraction of sp³-hybridized carbons (Fsp3) is 0.143. The van der Waals surface area contributed by atoms with E-state index in [0.29, 0.717) is 46.0 Å². The van der Waals surface area contributed by atoms with Gasteiger partial charge in [-0.3, -0.25) is 0 Å². The van der Waals surface area contributed by atoms with E-state index in [-0.39, 0.29) is 12.6 Å². The average molecular weight is 410 g/mol. The van der Waals surface area contributed by atoms with Crippen LogP contribution in [0, 0.1) is 5.82 Å². The molecule has 0 amide bonds. The third-order valence-corrected chi connectivity index (χ3v) is 5.39. The number of benzene rings is 2. The topological polar surface area (TPSA) is 70.5 Å². The molecule has 6 nitrogen and oxygen atoms in total. The molecule has 0 saturated heterocycles. The van der Waals surface area contributed by atoms with Gasteiger partial charge in [0.05, 0.1) is 5.75 Å². The standard InChI is InChI=1S/C21H15FN2O4S/c22-16-4-2-1-3-14(16)10-29-11-15-6-8-18(27-15)21-23-20(24-28-21)13-5-7-17-19(9-13)26-12-25-17/h1-9H,10-12H2. The minimum atomic E-state index is -0.193. The fourth-order valence-electron chi connectivity index (χ4n) is 2.92. The number of ether oxygens (including phenoxy) is 2. The molecule has 146 valence electrons. The molecule has 8 heteroatoms. The van der Waals surface area contributed by atoms with Gasteiger partial charge in [0.2, 0.25) is 12.6 Å². The van der Waals surface area contributed by atoms with Crippen LogP contribution in [0.25, 0.3) is 23.0 Å². The van der Waals surface area contributed by atoms with E-state index in [0.717, 1.165) is 11.3 Å². The van der Waals surface area contributed by atoms with Gasteiger partial charge in [-0.05, 0) is 42.0 Å². The summed E-state index contributed by atoms with van der Waals surface area (Å²) in [5.74, 6) is 4.31. The maximum atomic E-state index is 13.7. The van der Waals surface area contributed by atoms with Crippen LogP contribution in [0.5, 0.6) is 11.5 Å². The van der Waals surface area contributed by atoms with E-state index < -0.39 is 0 Å². The van der Waals surface area contributed by atoms with Crippen LogP contribution in [0.15, 0.2) is 63.5 Å². The Morgan fingerprint density at radius 2 is 1.86 bits per heavy atom. The van der Waals surface area contributed by atoms with Crippen LogP contribution in [-0.2, 0) is 11.5 Å². The molecule has 4 aromatic rings. The second-order valence-electron chi connectivity index (χ2n) is 6.34. The molecule has 0 unspecified atom stereocenters. The molecule has 0 aliphatic carbocycles. The van der Waals surface area contributed by atoms with Gasteiger partial charge in [-0.15, -0.1) is 11.8 Å². The second-order valence-corrected chi connectivity index (χ2v) is 7.33. The van der Waals surface area contributed by atoms with Crippen molar-refractivity contribution in [2.24, 2.45) is 0 Å². The van der Waals surface area contributed by atoms with Crippen molar-refractivity contribution in [3.05, 3.63) is 71.7 Å². The summed E-state index contributed by atoms with van der Waals surface area (Å²) >= 11 is 1.57. The first-order valence-electron chi connectivity index (χ1n) is 8.90. The van der Waals surface area contributed by atoms with Crippen molar-refractivity contribution in [3.63, 3.8) is 0 Å². The molecule has 0 bridgehead atoms. The molecule has 0 N–H and O–H groups in total. The zero-order chi connectivity index (χ0) is 19.6. The molecular weight excluding hydrogens is 395 g/mol. The number of hydrogen-bond donors (Lipinski definition) is 0. The highest BCUT2D eigenvalue weighted by molar-refractivity contribution is 7.97. The lowest BCUT2D eigenvalue weighted by atomic mass is 10.2. The largest absolute Gasteiger partial charge is 0.455 e. The van der Waals surface area contributed by atoms with Crippen molar-refractivity contribution in [1.29, 1.82) is 0 Å². The van der Waals surface area contributed by atoms with Crippen molar-refractivity contribution < 1.29 is 22.8 Å². The van der Waals surface area contributed by atoms with Crippen molar-refractivity contribution in [2.75, 3.05) is 6.79 Å². The van der Waals surface area contributed by atoms with E-state index in [2.05, 4.69) is 10.1 Å². The molecule has 0 radical (unpaired) electrons. The summed E-state index contributed by atoms with van der Waals surface area (Å²) in [7, 11) is 0. The third-order valence-electron chi connectivity index (χ3n) is 4.39. The minimum absolute atomic E-state index is 0.193. The third kappa shape index (κ3) is 3.71. The normalized spacial score (nSPS) is 12.4. The quantitative estimate of drug-likeness (QED) is 0.427. The molecular formula is C21H15FN2O4S. The lowest BCUT2D eigenvalue weighted by Gasteiger charge is -2.01. The van der Waals surface area contributed by atoms with Crippen LogP contribution in [0.2, 0.25) is 0 Å².